The van der Waals surface area contributed by atoms with Crippen LogP contribution in [-0.4, -0.2) is 48.9 Å². The largest absolute Gasteiger partial charge is 0.298 e. The lowest BCUT2D eigenvalue weighted by atomic mass is 10.2. The zero-order valence-electron chi connectivity index (χ0n) is 13.8. The van der Waals surface area contributed by atoms with Gasteiger partial charge in [0.15, 0.2) is 0 Å². The fourth-order valence-corrected chi connectivity index (χ4v) is 3.64. The van der Waals surface area contributed by atoms with E-state index >= 15 is 0 Å². The molecule has 0 radical (unpaired) electrons. The van der Waals surface area contributed by atoms with E-state index in [-0.39, 0.29) is 0 Å². The second-order valence-corrected chi connectivity index (χ2v) is 6.96. The molecule has 6 heteroatoms. The summed E-state index contributed by atoms with van der Waals surface area (Å²) in [5, 5.41) is 5.45. The van der Waals surface area contributed by atoms with Crippen LogP contribution in [0.1, 0.15) is 39.0 Å². The average Bonchev–Trinajstić information content (AvgIpc) is 2.85. The van der Waals surface area contributed by atoms with Crippen LogP contribution in [0.2, 0.25) is 0 Å². The molecule has 0 fully saturated rings. The first-order valence-electron chi connectivity index (χ1n) is 7.47. The van der Waals surface area contributed by atoms with Gasteiger partial charge in [-0.3, -0.25) is 4.90 Å². The molecule has 0 aromatic carbocycles. The molecule has 0 amide bonds. The summed E-state index contributed by atoms with van der Waals surface area (Å²) in [6.07, 6.45) is 1.57. The quantitative estimate of drug-likeness (QED) is 0.606. The van der Waals surface area contributed by atoms with Crippen molar-refractivity contribution in [2.45, 2.75) is 58.7 Å². The van der Waals surface area contributed by atoms with Crippen molar-refractivity contribution in [2.24, 2.45) is 0 Å². The molecule has 0 bridgehead atoms. The number of hydrogen-bond acceptors (Lipinski definition) is 5. The summed E-state index contributed by atoms with van der Waals surface area (Å²) in [7, 11) is 0. The first kappa shape index (κ1) is 16.2. The number of aromatic nitrogens is 4. The van der Waals surface area contributed by atoms with Gasteiger partial charge in [0.05, 0.1) is 0 Å². The topological polar surface area (TPSA) is 46.3 Å². The highest BCUT2D eigenvalue weighted by Crippen LogP contribution is 2.24. The maximum absolute atomic E-state index is 4.46. The van der Waals surface area contributed by atoms with Gasteiger partial charge in [0, 0.05) is 35.6 Å². The standard InChI is InChI=1S/C15H25N5S/c1-10(2)19(11(3)4)7-8-21-14-12(5)13(6)18-15-16-9-17-20(14)15/h9-11H,7-8H2,1-6H3. The molecule has 2 heterocycles. The number of rotatable bonds is 6. The van der Waals surface area contributed by atoms with E-state index in [2.05, 4.69) is 54.6 Å². The van der Waals surface area contributed by atoms with E-state index in [1.807, 2.05) is 23.2 Å². The first-order valence-corrected chi connectivity index (χ1v) is 8.45. The maximum Gasteiger partial charge on any atom is 0.253 e. The average molecular weight is 307 g/mol. The second-order valence-electron chi connectivity index (χ2n) is 5.87. The predicted molar refractivity (Wildman–Crippen MR) is 88.0 cm³/mol. The molecule has 0 saturated carbocycles. The minimum absolute atomic E-state index is 0.567. The molecule has 116 valence electrons. The van der Waals surface area contributed by atoms with Gasteiger partial charge in [0.25, 0.3) is 5.78 Å². The Labute approximate surface area is 131 Å². The molecule has 0 aliphatic carbocycles. The SMILES string of the molecule is Cc1nc2ncnn2c(SCCN(C(C)C)C(C)C)c1C. The van der Waals surface area contributed by atoms with Gasteiger partial charge in [-0.15, -0.1) is 11.8 Å². The fourth-order valence-electron chi connectivity index (χ4n) is 2.53. The van der Waals surface area contributed by atoms with Crippen LogP contribution in [0.15, 0.2) is 11.4 Å². The zero-order chi connectivity index (χ0) is 15.6. The number of hydrogen-bond donors (Lipinski definition) is 0. The third kappa shape index (κ3) is 3.55. The molecule has 0 unspecified atom stereocenters. The number of thioether (sulfide) groups is 1. The molecule has 0 atom stereocenters. The van der Waals surface area contributed by atoms with Gasteiger partial charge in [-0.25, -0.2) is 4.98 Å². The third-order valence-corrected chi connectivity index (χ3v) is 4.91. The van der Waals surface area contributed by atoms with Gasteiger partial charge in [0.2, 0.25) is 0 Å². The van der Waals surface area contributed by atoms with Crippen LogP contribution in [0.3, 0.4) is 0 Å². The number of nitrogens with zero attached hydrogens (tertiary/aromatic N) is 5. The van der Waals surface area contributed by atoms with Crippen LogP contribution in [0, 0.1) is 13.8 Å². The minimum Gasteiger partial charge on any atom is -0.298 e. The smallest absolute Gasteiger partial charge is 0.253 e. The summed E-state index contributed by atoms with van der Waals surface area (Å²) in [4.78, 5) is 11.2. The monoisotopic (exact) mass is 307 g/mol. The molecular weight excluding hydrogens is 282 g/mol. The summed E-state index contributed by atoms with van der Waals surface area (Å²) in [6, 6.07) is 1.13. The molecule has 2 rings (SSSR count). The van der Waals surface area contributed by atoms with Gasteiger partial charge in [-0.05, 0) is 41.5 Å². The van der Waals surface area contributed by atoms with E-state index < -0.39 is 0 Å². The molecule has 2 aromatic heterocycles. The molecule has 21 heavy (non-hydrogen) atoms. The van der Waals surface area contributed by atoms with Crippen molar-refractivity contribution in [1.82, 2.24) is 24.5 Å². The molecule has 0 saturated heterocycles. The van der Waals surface area contributed by atoms with Crippen LogP contribution < -0.4 is 0 Å². The Kier molecular flexibility index (Phi) is 5.22. The lowest BCUT2D eigenvalue weighted by Gasteiger charge is -2.30. The van der Waals surface area contributed by atoms with Crippen molar-refractivity contribution in [2.75, 3.05) is 12.3 Å². The highest BCUT2D eigenvalue weighted by Gasteiger charge is 2.15. The number of aryl methyl sites for hydroxylation is 1. The van der Waals surface area contributed by atoms with Crippen LogP contribution in [0.25, 0.3) is 5.78 Å². The van der Waals surface area contributed by atoms with Gasteiger partial charge in [-0.2, -0.15) is 14.6 Å². The molecular formula is C15H25N5S. The van der Waals surface area contributed by atoms with E-state index in [4.69, 9.17) is 0 Å². The number of fused-ring (bicyclic) bond motifs is 1. The van der Waals surface area contributed by atoms with Crippen molar-refractivity contribution < 1.29 is 0 Å². The van der Waals surface area contributed by atoms with Crippen molar-refractivity contribution in [3.05, 3.63) is 17.6 Å². The van der Waals surface area contributed by atoms with Gasteiger partial charge in [-0.1, -0.05) is 0 Å². The Morgan fingerprint density at radius 3 is 2.48 bits per heavy atom. The van der Waals surface area contributed by atoms with E-state index in [0.29, 0.717) is 17.9 Å². The molecule has 0 N–H and O–H groups in total. The molecule has 0 aliphatic rings. The molecule has 5 nitrogen and oxygen atoms in total. The zero-order valence-corrected chi connectivity index (χ0v) is 14.6. The summed E-state index contributed by atoms with van der Waals surface area (Å²) >= 11 is 1.84. The van der Waals surface area contributed by atoms with Crippen molar-refractivity contribution in [3.63, 3.8) is 0 Å². The van der Waals surface area contributed by atoms with Crippen molar-refractivity contribution >= 4 is 17.5 Å². The Morgan fingerprint density at radius 1 is 1.19 bits per heavy atom. The van der Waals surface area contributed by atoms with Gasteiger partial charge < -0.3 is 0 Å². The Morgan fingerprint density at radius 2 is 1.86 bits per heavy atom. The fraction of sp³-hybridized carbons (Fsp3) is 0.667. The molecule has 2 aromatic rings. The predicted octanol–water partition coefficient (Wildman–Crippen LogP) is 2.95. The van der Waals surface area contributed by atoms with Crippen molar-refractivity contribution in [1.29, 1.82) is 0 Å². The Bertz CT molecular complexity index is 597. The summed E-state index contributed by atoms with van der Waals surface area (Å²) in [6.45, 7) is 14.2. The highest BCUT2D eigenvalue weighted by atomic mass is 32.2. The van der Waals surface area contributed by atoms with Gasteiger partial charge >= 0.3 is 0 Å². The van der Waals surface area contributed by atoms with E-state index in [9.17, 15) is 0 Å². The van der Waals surface area contributed by atoms with E-state index in [0.717, 1.165) is 23.0 Å². The molecule has 0 spiro atoms. The Balaban J connectivity index is 2.13. The maximum atomic E-state index is 4.46. The van der Waals surface area contributed by atoms with E-state index in [1.165, 1.54) is 5.56 Å². The second kappa shape index (κ2) is 6.75. The van der Waals surface area contributed by atoms with E-state index in [1.54, 1.807) is 6.33 Å². The van der Waals surface area contributed by atoms with Crippen LogP contribution in [-0.2, 0) is 0 Å². The summed E-state index contributed by atoms with van der Waals surface area (Å²) in [5.41, 5.74) is 2.22. The van der Waals surface area contributed by atoms with Crippen LogP contribution >= 0.6 is 11.8 Å². The van der Waals surface area contributed by atoms with Crippen LogP contribution in [0.5, 0.6) is 0 Å². The third-order valence-electron chi connectivity index (χ3n) is 3.77. The minimum atomic E-state index is 0.567. The lowest BCUT2D eigenvalue weighted by molar-refractivity contribution is 0.187. The normalized spacial score (nSPS) is 12.2. The summed E-state index contributed by atoms with van der Waals surface area (Å²) in [5.74, 6) is 1.72. The highest BCUT2D eigenvalue weighted by molar-refractivity contribution is 7.99. The lowest BCUT2D eigenvalue weighted by Crippen LogP contribution is -2.38. The first-order chi connectivity index (χ1) is 9.91. The Hall–Kier alpha value is -1.14. The van der Waals surface area contributed by atoms with Crippen LogP contribution in [0.4, 0.5) is 0 Å². The van der Waals surface area contributed by atoms with Crippen molar-refractivity contribution in [3.8, 4) is 0 Å². The summed E-state index contributed by atoms with van der Waals surface area (Å²) < 4.78 is 1.85. The van der Waals surface area contributed by atoms with Gasteiger partial charge in [0.1, 0.15) is 11.4 Å². The molecule has 0 aliphatic heterocycles.